The van der Waals surface area contributed by atoms with Gasteiger partial charge in [-0.1, -0.05) is 54.9 Å². The van der Waals surface area contributed by atoms with E-state index in [4.69, 9.17) is 16.1 Å². The van der Waals surface area contributed by atoms with Crippen LogP contribution in [0.15, 0.2) is 48.5 Å². The van der Waals surface area contributed by atoms with Crippen molar-refractivity contribution in [3.05, 3.63) is 65.2 Å². The summed E-state index contributed by atoms with van der Waals surface area (Å²) in [6.45, 7) is 8.10. The van der Waals surface area contributed by atoms with Crippen LogP contribution in [0.1, 0.15) is 30.5 Å². The first-order valence-corrected chi connectivity index (χ1v) is 11.0. The topological polar surface area (TPSA) is 32.8 Å². The molecule has 0 fully saturated rings. The minimum absolute atomic E-state index is 0.498. The number of benzene rings is 2. The Morgan fingerprint density at radius 2 is 1.48 bits per heavy atom. The van der Waals surface area contributed by atoms with E-state index in [2.05, 4.69) is 18.7 Å². The van der Waals surface area contributed by atoms with E-state index in [0.717, 1.165) is 37.2 Å². The largest absolute Gasteiger partial charge is 0.666 e. The van der Waals surface area contributed by atoms with Gasteiger partial charge < -0.3 is 4.90 Å². The molecule has 0 spiro atoms. The molecule has 2 aromatic rings. The van der Waals surface area contributed by atoms with Gasteiger partial charge >= 0.3 is 8.18 Å². The van der Waals surface area contributed by atoms with Crippen molar-refractivity contribution >= 4 is 19.8 Å². The molecule has 2 aromatic carbocycles. The zero-order valence-electron chi connectivity index (χ0n) is 16.4. The summed E-state index contributed by atoms with van der Waals surface area (Å²) < 4.78 is 19.8. The molecule has 6 heteroatoms. The highest BCUT2D eigenvalue weighted by Gasteiger charge is 2.27. The fraction of sp³-hybridized carbons (Fsp3) is 0.429. The maximum absolute atomic E-state index is 12.4. The lowest BCUT2D eigenvalue weighted by Crippen LogP contribution is -2.25. The van der Waals surface area contributed by atoms with E-state index in [9.17, 15) is 4.57 Å². The van der Waals surface area contributed by atoms with Crippen LogP contribution in [0, 0.1) is 0 Å². The van der Waals surface area contributed by atoms with Gasteiger partial charge in [0.15, 0.2) is 5.75 Å². The molecule has 0 aliphatic carbocycles. The molecule has 0 saturated carbocycles. The molecule has 0 N–H and O–H groups in total. The molecule has 1 atom stereocenters. The zero-order chi connectivity index (χ0) is 19.6. The molecular weight excluding hydrogens is 379 g/mol. The van der Waals surface area contributed by atoms with Crippen LogP contribution in [-0.2, 0) is 23.4 Å². The van der Waals surface area contributed by atoms with Gasteiger partial charge in [-0.2, -0.15) is 0 Å². The van der Waals surface area contributed by atoms with Gasteiger partial charge in [0, 0.05) is 24.0 Å². The second kappa shape index (κ2) is 11.4. The molecule has 1 unspecified atom stereocenters. The highest BCUT2D eigenvalue weighted by atomic mass is 35.5. The molecule has 0 saturated heterocycles. The molecule has 4 nitrogen and oxygen atoms in total. The van der Waals surface area contributed by atoms with E-state index >= 15 is 0 Å². The predicted molar refractivity (Wildman–Crippen MR) is 114 cm³/mol. The van der Waals surface area contributed by atoms with Crippen molar-refractivity contribution in [1.82, 2.24) is 9.57 Å². The third kappa shape index (κ3) is 7.23. The monoisotopic (exact) mass is 407 g/mol. The molecule has 2 rings (SSSR count). The summed E-state index contributed by atoms with van der Waals surface area (Å²) in [7, 11) is -0.139. The van der Waals surface area contributed by atoms with Gasteiger partial charge in [0.2, 0.25) is 0 Å². The van der Waals surface area contributed by atoms with Crippen LogP contribution in [0.3, 0.4) is 0 Å². The molecule has 146 valence electrons. The average molecular weight is 408 g/mol. The first-order valence-electron chi connectivity index (χ1n) is 9.37. The number of alkyl halides is 1. The lowest BCUT2D eigenvalue weighted by atomic mass is 10.1. The molecular formula is C21H29ClN2O2P+. The summed E-state index contributed by atoms with van der Waals surface area (Å²) in [4.78, 5) is 2.40. The van der Waals surface area contributed by atoms with Crippen molar-refractivity contribution in [3.8, 4) is 5.75 Å². The minimum Gasteiger partial charge on any atom is -0.304 e. The first kappa shape index (κ1) is 21.8. The smallest absolute Gasteiger partial charge is 0.304 e. The number of nitrogens with zero attached hydrogens (tertiary/aromatic N) is 2. The minimum atomic E-state index is -1.94. The molecule has 0 amide bonds. The van der Waals surface area contributed by atoms with Crippen LogP contribution in [0.25, 0.3) is 0 Å². The van der Waals surface area contributed by atoms with E-state index in [-0.39, 0.29) is 0 Å². The predicted octanol–water partition coefficient (Wildman–Crippen LogP) is 5.48. The van der Waals surface area contributed by atoms with Crippen LogP contribution in [0.5, 0.6) is 5.75 Å². The Morgan fingerprint density at radius 1 is 0.926 bits per heavy atom. The van der Waals surface area contributed by atoms with E-state index in [1.165, 1.54) is 5.56 Å². The normalized spacial score (nSPS) is 11.9. The van der Waals surface area contributed by atoms with Gasteiger partial charge in [0.05, 0.1) is 6.54 Å². The van der Waals surface area contributed by atoms with Crippen molar-refractivity contribution in [2.45, 2.75) is 32.7 Å². The third-order valence-corrected chi connectivity index (χ3v) is 5.96. The Labute approximate surface area is 169 Å². The summed E-state index contributed by atoms with van der Waals surface area (Å²) in [6, 6.07) is 15.9. The van der Waals surface area contributed by atoms with E-state index in [1.807, 2.05) is 48.5 Å². The van der Waals surface area contributed by atoms with Crippen molar-refractivity contribution < 1.29 is 9.09 Å². The van der Waals surface area contributed by atoms with Crippen LogP contribution < -0.4 is 4.52 Å². The second-order valence-corrected chi connectivity index (χ2v) is 8.12. The van der Waals surface area contributed by atoms with Crippen molar-refractivity contribution in [1.29, 1.82) is 0 Å². The van der Waals surface area contributed by atoms with Crippen LogP contribution in [0.4, 0.5) is 0 Å². The SMILES string of the molecule is CCN(CC)CCc1ccc(O[P+](=O)N(C)Cc2ccc(CCl)cc2)cc1. The van der Waals surface area contributed by atoms with Gasteiger partial charge in [-0.15, -0.1) is 11.6 Å². The Balaban J connectivity index is 1.85. The quantitative estimate of drug-likeness (QED) is 0.365. The Morgan fingerprint density at radius 3 is 2.04 bits per heavy atom. The third-order valence-electron chi connectivity index (χ3n) is 4.59. The van der Waals surface area contributed by atoms with E-state index < -0.39 is 8.18 Å². The summed E-state index contributed by atoms with van der Waals surface area (Å²) >= 11 is 5.81. The molecule has 0 bridgehead atoms. The Bertz CT molecular complexity index is 703. The second-order valence-electron chi connectivity index (χ2n) is 6.52. The maximum Gasteiger partial charge on any atom is 0.666 e. The van der Waals surface area contributed by atoms with E-state index in [0.29, 0.717) is 18.2 Å². The van der Waals surface area contributed by atoms with Crippen LogP contribution in [-0.4, -0.2) is 36.3 Å². The van der Waals surface area contributed by atoms with Crippen molar-refractivity contribution in [2.75, 3.05) is 26.7 Å². The molecule has 0 radical (unpaired) electrons. The van der Waals surface area contributed by atoms with Gasteiger partial charge in [-0.05, 0) is 48.3 Å². The highest BCUT2D eigenvalue weighted by Crippen LogP contribution is 2.31. The number of likely N-dealkylation sites (N-methyl/N-ethyl adjacent to an activating group) is 1. The van der Waals surface area contributed by atoms with Crippen molar-refractivity contribution in [3.63, 3.8) is 0 Å². The fourth-order valence-corrected chi connectivity index (χ4v) is 3.66. The standard InChI is InChI=1S/C21H29ClN2O2P/c1-4-24(5-2)15-14-18-10-12-21(13-11-18)26-27(25)23(3)17-20-8-6-19(16-22)7-9-20/h6-13H,4-5,14-17H2,1-3H3/q+1. The summed E-state index contributed by atoms with van der Waals surface area (Å²) in [5, 5.41) is 0. The summed E-state index contributed by atoms with van der Waals surface area (Å²) in [5.74, 6) is 1.13. The average Bonchev–Trinajstić information content (AvgIpc) is 2.70. The van der Waals surface area contributed by atoms with Gasteiger partial charge in [0.1, 0.15) is 0 Å². The molecule has 0 aliphatic rings. The first-order chi connectivity index (χ1) is 13.0. The van der Waals surface area contributed by atoms with Gasteiger partial charge in [-0.25, -0.2) is 4.52 Å². The molecule has 0 heterocycles. The number of hydrogen-bond donors (Lipinski definition) is 0. The lowest BCUT2D eigenvalue weighted by molar-refractivity contribution is 0.308. The fourth-order valence-electron chi connectivity index (χ4n) is 2.76. The van der Waals surface area contributed by atoms with Gasteiger partial charge in [0.25, 0.3) is 0 Å². The number of rotatable bonds is 11. The lowest BCUT2D eigenvalue weighted by Gasteiger charge is -2.17. The zero-order valence-corrected chi connectivity index (χ0v) is 18.0. The maximum atomic E-state index is 12.4. The van der Waals surface area contributed by atoms with Crippen LogP contribution >= 0.6 is 19.8 Å². The number of hydrogen-bond acceptors (Lipinski definition) is 3. The highest BCUT2D eigenvalue weighted by molar-refractivity contribution is 7.36. The summed E-state index contributed by atoms with van der Waals surface area (Å²) in [5.41, 5.74) is 3.41. The van der Waals surface area contributed by atoms with Crippen LogP contribution in [0.2, 0.25) is 0 Å². The van der Waals surface area contributed by atoms with Crippen molar-refractivity contribution in [2.24, 2.45) is 0 Å². The Hall–Kier alpha value is -1.45. The molecule has 0 aromatic heterocycles. The van der Waals surface area contributed by atoms with E-state index in [1.54, 1.807) is 11.7 Å². The van der Waals surface area contributed by atoms with Gasteiger partial charge in [-0.3, -0.25) is 0 Å². The Kier molecular flexibility index (Phi) is 9.23. The molecule has 27 heavy (non-hydrogen) atoms. The molecule has 0 aliphatic heterocycles. The number of halogens is 1. The summed E-state index contributed by atoms with van der Waals surface area (Å²) in [6.07, 6.45) is 1.01.